The Morgan fingerprint density at radius 1 is 1.09 bits per heavy atom. The number of aromatic nitrogens is 3. The van der Waals surface area contributed by atoms with E-state index in [0.717, 1.165) is 40.9 Å². The average Bonchev–Trinajstić information content (AvgIpc) is 3.24. The van der Waals surface area contributed by atoms with Crippen molar-refractivity contribution in [1.29, 1.82) is 0 Å². The molecule has 1 N–H and O–H groups in total. The average molecular weight is 467 g/mol. The minimum absolute atomic E-state index is 0.108. The molecule has 1 aliphatic rings. The third-order valence-corrected chi connectivity index (χ3v) is 5.63. The van der Waals surface area contributed by atoms with E-state index < -0.39 is 0 Å². The molecule has 5 rings (SSSR count). The summed E-state index contributed by atoms with van der Waals surface area (Å²) in [6.07, 6.45) is 3.36. The van der Waals surface area contributed by atoms with Gasteiger partial charge in [-0.1, -0.05) is 22.8 Å². The molecule has 1 saturated heterocycles. The topological polar surface area (TPSA) is 91.5 Å². The highest BCUT2D eigenvalue weighted by molar-refractivity contribution is 6.32. The number of hydrogen-bond donors (Lipinski definition) is 1. The normalized spacial score (nSPS) is 14.4. The van der Waals surface area contributed by atoms with Gasteiger partial charge in [-0.15, -0.1) is 0 Å². The Morgan fingerprint density at radius 2 is 1.97 bits per heavy atom. The third-order valence-electron chi connectivity index (χ3n) is 5.33. The minimum atomic E-state index is 0.108. The van der Waals surface area contributed by atoms with Crippen molar-refractivity contribution in [2.45, 2.75) is 32.5 Å². The molecule has 2 aromatic carbocycles. The fourth-order valence-corrected chi connectivity index (χ4v) is 3.95. The van der Waals surface area contributed by atoms with Crippen LogP contribution < -0.4 is 14.8 Å². The van der Waals surface area contributed by atoms with Crippen LogP contribution >= 0.6 is 11.6 Å². The minimum Gasteiger partial charge on any atom is -0.489 e. The SMILES string of the molecule is Cc1cc(COc2ccc(Nc3ncnc4cccc(OC5CCOCC5)c34)cc2Cl)no1. The van der Waals surface area contributed by atoms with E-state index in [4.69, 9.17) is 30.3 Å². The van der Waals surface area contributed by atoms with Gasteiger partial charge in [-0.25, -0.2) is 9.97 Å². The predicted molar refractivity (Wildman–Crippen MR) is 124 cm³/mol. The van der Waals surface area contributed by atoms with Gasteiger partial charge in [-0.05, 0) is 37.3 Å². The molecule has 0 bridgehead atoms. The first-order valence-corrected chi connectivity index (χ1v) is 11.1. The van der Waals surface area contributed by atoms with Crippen molar-refractivity contribution in [3.05, 3.63) is 65.3 Å². The van der Waals surface area contributed by atoms with E-state index in [-0.39, 0.29) is 12.7 Å². The summed E-state index contributed by atoms with van der Waals surface area (Å²) in [5.74, 6) is 2.68. The van der Waals surface area contributed by atoms with Crippen LogP contribution in [-0.2, 0) is 11.3 Å². The van der Waals surface area contributed by atoms with Gasteiger partial charge in [0.25, 0.3) is 0 Å². The molecule has 4 aromatic rings. The molecular weight excluding hydrogens is 444 g/mol. The number of halogens is 1. The summed E-state index contributed by atoms with van der Waals surface area (Å²) in [6.45, 7) is 3.52. The second kappa shape index (κ2) is 9.64. The molecule has 8 nitrogen and oxygen atoms in total. The van der Waals surface area contributed by atoms with E-state index >= 15 is 0 Å². The van der Waals surface area contributed by atoms with Gasteiger partial charge in [0.05, 0.1) is 29.1 Å². The van der Waals surface area contributed by atoms with Gasteiger partial charge in [0, 0.05) is 24.6 Å². The van der Waals surface area contributed by atoms with Gasteiger partial charge >= 0.3 is 0 Å². The molecule has 0 spiro atoms. The number of rotatable bonds is 7. The number of ether oxygens (including phenoxy) is 3. The van der Waals surface area contributed by atoms with E-state index in [1.165, 1.54) is 6.33 Å². The summed E-state index contributed by atoms with van der Waals surface area (Å²) in [7, 11) is 0. The second-order valence-electron chi connectivity index (χ2n) is 7.79. The van der Waals surface area contributed by atoms with Crippen molar-refractivity contribution < 1.29 is 18.7 Å². The summed E-state index contributed by atoms with van der Waals surface area (Å²) in [4.78, 5) is 8.87. The van der Waals surface area contributed by atoms with Gasteiger partial charge < -0.3 is 24.1 Å². The fourth-order valence-electron chi connectivity index (χ4n) is 3.71. The van der Waals surface area contributed by atoms with Crippen molar-refractivity contribution in [3.63, 3.8) is 0 Å². The summed E-state index contributed by atoms with van der Waals surface area (Å²) >= 11 is 6.47. The maximum Gasteiger partial charge on any atom is 0.145 e. The van der Waals surface area contributed by atoms with Crippen molar-refractivity contribution in [3.8, 4) is 11.5 Å². The van der Waals surface area contributed by atoms with Crippen LogP contribution in [0.2, 0.25) is 5.02 Å². The zero-order chi connectivity index (χ0) is 22.6. The summed E-state index contributed by atoms with van der Waals surface area (Å²) < 4.78 is 22.6. The summed E-state index contributed by atoms with van der Waals surface area (Å²) in [5, 5.41) is 8.56. The van der Waals surface area contributed by atoms with Crippen LogP contribution in [0.4, 0.5) is 11.5 Å². The Balaban J connectivity index is 1.36. The molecule has 0 radical (unpaired) electrons. The Kier molecular flexibility index (Phi) is 6.28. The first-order chi connectivity index (χ1) is 16.2. The smallest absolute Gasteiger partial charge is 0.145 e. The molecule has 9 heteroatoms. The van der Waals surface area contributed by atoms with Gasteiger partial charge in [0.15, 0.2) is 0 Å². The first-order valence-electron chi connectivity index (χ1n) is 10.8. The maximum absolute atomic E-state index is 6.47. The van der Waals surface area contributed by atoms with Crippen LogP contribution in [-0.4, -0.2) is 34.4 Å². The van der Waals surface area contributed by atoms with Crippen molar-refractivity contribution in [2.24, 2.45) is 0 Å². The zero-order valence-corrected chi connectivity index (χ0v) is 18.8. The molecule has 3 heterocycles. The maximum atomic E-state index is 6.47. The van der Waals surface area contributed by atoms with Crippen LogP contribution in [0.5, 0.6) is 11.5 Å². The molecular formula is C24H23ClN4O4. The lowest BCUT2D eigenvalue weighted by Gasteiger charge is -2.24. The number of anilines is 2. The van der Waals surface area contributed by atoms with Gasteiger partial charge in [-0.2, -0.15) is 0 Å². The van der Waals surface area contributed by atoms with E-state index in [1.807, 2.05) is 37.3 Å². The number of fused-ring (bicyclic) bond motifs is 1. The monoisotopic (exact) mass is 466 g/mol. The number of hydrogen-bond acceptors (Lipinski definition) is 8. The molecule has 1 fully saturated rings. The molecule has 1 aliphatic heterocycles. The van der Waals surface area contributed by atoms with Gasteiger partial charge in [-0.3, -0.25) is 0 Å². The van der Waals surface area contributed by atoms with Crippen molar-refractivity contribution in [2.75, 3.05) is 18.5 Å². The van der Waals surface area contributed by atoms with Gasteiger partial charge in [0.1, 0.15) is 47.8 Å². The highest BCUT2D eigenvalue weighted by atomic mass is 35.5. The number of benzene rings is 2. The third kappa shape index (κ3) is 5.02. The lowest BCUT2D eigenvalue weighted by Crippen LogP contribution is -2.26. The highest BCUT2D eigenvalue weighted by Crippen LogP contribution is 2.35. The molecule has 0 saturated carbocycles. The molecule has 0 atom stereocenters. The van der Waals surface area contributed by atoms with E-state index in [1.54, 1.807) is 12.1 Å². The number of nitrogens with zero attached hydrogens (tertiary/aromatic N) is 3. The quantitative estimate of drug-likeness (QED) is 0.384. The predicted octanol–water partition coefficient (Wildman–Crippen LogP) is 5.46. The summed E-state index contributed by atoms with van der Waals surface area (Å²) in [6, 6.07) is 13.1. The Bertz CT molecular complexity index is 1250. The number of nitrogens with one attached hydrogen (secondary N) is 1. The molecule has 0 aliphatic carbocycles. The van der Waals surface area contributed by atoms with Crippen LogP contribution in [0.15, 0.2) is 53.3 Å². The van der Waals surface area contributed by atoms with E-state index in [9.17, 15) is 0 Å². The summed E-state index contributed by atoms with van der Waals surface area (Å²) in [5.41, 5.74) is 2.27. The van der Waals surface area contributed by atoms with Crippen LogP contribution in [0, 0.1) is 6.92 Å². The molecule has 33 heavy (non-hydrogen) atoms. The highest BCUT2D eigenvalue weighted by Gasteiger charge is 2.18. The largest absolute Gasteiger partial charge is 0.489 e. The Hall–Kier alpha value is -3.36. The van der Waals surface area contributed by atoms with Crippen molar-refractivity contribution >= 4 is 34.0 Å². The molecule has 170 valence electrons. The fraction of sp³-hybridized carbons (Fsp3) is 0.292. The van der Waals surface area contributed by atoms with E-state index in [2.05, 4.69) is 20.4 Å². The van der Waals surface area contributed by atoms with Crippen LogP contribution in [0.25, 0.3) is 10.9 Å². The second-order valence-corrected chi connectivity index (χ2v) is 8.20. The lowest BCUT2D eigenvalue weighted by molar-refractivity contribution is 0.0262. The number of aryl methyl sites for hydroxylation is 1. The lowest BCUT2D eigenvalue weighted by atomic mass is 10.1. The van der Waals surface area contributed by atoms with E-state index in [0.29, 0.717) is 35.5 Å². The molecule has 0 unspecified atom stereocenters. The molecule has 2 aromatic heterocycles. The van der Waals surface area contributed by atoms with Gasteiger partial charge in [0.2, 0.25) is 0 Å². The Morgan fingerprint density at radius 3 is 2.76 bits per heavy atom. The van der Waals surface area contributed by atoms with Crippen LogP contribution in [0.3, 0.4) is 0 Å². The van der Waals surface area contributed by atoms with Crippen molar-refractivity contribution in [1.82, 2.24) is 15.1 Å². The zero-order valence-electron chi connectivity index (χ0n) is 18.1. The first kappa shape index (κ1) is 21.5. The molecule has 0 amide bonds. The van der Waals surface area contributed by atoms with Crippen LogP contribution in [0.1, 0.15) is 24.3 Å². The Labute approximate surface area is 195 Å². The standard InChI is InChI=1S/C24H23ClN4O4/c1-15-11-17(29-33-15)13-31-21-6-5-16(12-19(21)25)28-24-23-20(26-14-27-24)3-2-4-22(23)32-18-7-9-30-10-8-18/h2-6,11-12,14,18H,7-10,13H2,1H3,(H,26,27,28).